The van der Waals surface area contributed by atoms with Crippen molar-refractivity contribution in [1.82, 2.24) is 19.9 Å². The summed E-state index contributed by atoms with van der Waals surface area (Å²) >= 11 is 0. The number of nitro benzene ring substituents is 1. The average molecular weight is 473 g/mol. The third-order valence-electron chi connectivity index (χ3n) is 5.82. The molecule has 0 saturated heterocycles. The van der Waals surface area contributed by atoms with Crippen LogP contribution in [0.2, 0.25) is 0 Å². The van der Waals surface area contributed by atoms with Gasteiger partial charge in [0.1, 0.15) is 11.3 Å². The van der Waals surface area contributed by atoms with Crippen molar-refractivity contribution in [3.63, 3.8) is 0 Å². The van der Waals surface area contributed by atoms with Crippen molar-refractivity contribution in [3.8, 4) is 22.8 Å². The molecule has 2 aromatic heterocycles. The van der Waals surface area contributed by atoms with E-state index >= 15 is 0 Å². The van der Waals surface area contributed by atoms with Crippen molar-refractivity contribution in [1.29, 1.82) is 0 Å². The minimum atomic E-state index is -0.928. The minimum absolute atomic E-state index is 0.0408. The average Bonchev–Trinajstić information content (AvgIpc) is 3.58. The lowest BCUT2D eigenvalue weighted by atomic mass is 10.0. The zero-order chi connectivity index (χ0) is 24.7. The van der Waals surface area contributed by atoms with Gasteiger partial charge in [-0.1, -0.05) is 12.1 Å². The number of ketones is 1. The van der Waals surface area contributed by atoms with Crippen LogP contribution in [0.15, 0.2) is 54.9 Å². The summed E-state index contributed by atoms with van der Waals surface area (Å²) in [5, 5.41) is 38.6. The summed E-state index contributed by atoms with van der Waals surface area (Å²) < 4.78 is 1.35. The van der Waals surface area contributed by atoms with Gasteiger partial charge in [-0.2, -0.15) is 5.10 Å². The first-order valence-corrected chi connectivity index (χ1v) is 10.8. The zero-order valence-electron chi connectivity index (χ0n) is 18.2. The first-order chi connectivity index (χ1) is 16.8. The van der Waals surface area contributed by atoms with Gasteiger partial charge < -0.3 is 15.5 Å². The van der Waals surface area contributed by atoms with Gasteiger partial charge >= 0.3 is 5.69 Å². The predicted molar refractivity (Wildman–Crippen MR) is 123 cm³/mol. The Morgan fingerprint density at radius 2 is 1.86 bits per heavy atom. The molecule has 0 radical (unpaired) electrons. The maximum Gasteiger partial charge on any atom is 0.311 e. The number of fused-ring (bicyclic) bond motifs is 1. The van der Waals surface area contributed by atoms with E-state index in [2.05, 4.69) is 15.4 Å². The van der Waals surface area contributed by atoms with Gasteiger partial charge in [-0.15, -0.1) is 0 Å². The monoisotopic (exact) mass is 473 g/mol. The second-order valence-corrected chi connectivity index (χ2v) is 8.32. The van der Waals surface area contributed by atoms with Crippen molar-refractivity contribution < 1.29 is 24.7 Å². The summed E-state index contributed by atoms with van der Waals surface area (Å²) in [7, 11) is 0. The maximum atomic E-state index is 12.9. The lowest BCUT2D eigenvalue weighted by Gasteiger charge is -2.07. The van der Waals surface area contributed by atoms with E-state index < -0.39 is 33.5 Å². The van der Waals surface area contributed by atoms with Crippen LogP contribution in [0.4, 0.5) is 5.69 Å². The maximum absolute atomic E-state index is 12.9. The van der Waals surface area contributed by atoms with Crippen LogP contribution < -0.4 is 5.32 Å². The van der Waals surface area contributed by atoms with Gasteiger partial charge in [0.15, 0.2) is 5.65 Å². The van der Waals surface area contributed by atoms with Crippen molar-refractivity contribution in [2.75, 3.05) is 6.54 Å². The smallest absolute Gasteiger partial charge is 0.311 e. The SMILES string of the molecule is O=C(NCC1CC1)c1ccc(-c2cc3ncc(C(=O)c4c(O)ccc([N+](=O)[O-])c4O)cn3n2)cc1. The van der Waals surface area contributed by atoms with Gasteiger partial charge in [-0.05, 0) is 37.0 Å². The highest BCUT2D eigenvalue weighted by atomic mass is 16.6. The summed E-state index contributed by atoms with van der Waals surface area (Å²) in [5.41, 5.74) is 0.913. The van der Waals surface area contributed by atoms with E-state index in [9.17, 15) is 29.9 Å². The molecule has 1 amide bonds. The van der Waals surface area contributed by atoms with E-state index in [4.69, 9.17) is 0 Å². The highest BCUT2D eigenvalue weighted by molar-refractivity contribution is 6.12. The number of aromatic hydroxyl groups is 2. The third kappa shape index (κ3) is 4.26. The molecule has 1 aliphatic carbocycles. The molecule has 1 fully saturated rings. The van der Waals surface area contributed by atoms with Crippen LogP contribution in [0.5, 0.6) is 11.5 Å². The van der Waals surface area contributed by atoms with Crippen LogP contribution in [0.25, 0.3) is 16.9 Å². The molecule has 2 heterocycles. The fraction of sp³-hybridized carbons (Fsp3) is 0.167. The first kappa shape index (κ1) is 22.0. The van der Waals surface area contributed by atoms with Crippen LogP contribution in [0, 0.1) is 16.0 Å². The third-order valence-corrected chi connectivity index (χ3v) is 5.82. The fourth-order valence-corrected chi connectivity index (χ4v) is 3.67. The zero-order valence-corrected chi connectivity index (χ0v) is 18.2. The standard InChI is InChI=1S/C24H19N5O6/c30-19-8-7-18(29(34)35)23(32)21(19)22(31)16-11-25-20-9-17(27-28(20)12-16)14-3-5-15(6-4-14)24(33)26-10-13-1-2-13/h3-9,11-13,30,32H,1-2,10H2,(H,26,33). The number of nitro groups is 1. The Morgan fingerprint density at radius 1 is 1.11 bits per heavy atom. The Kier molecular flexibility index (Phi) is 5.36. The van der Waals surface area contributed by atoms with E-state index in [0.717, 1.165) is 30.5 Å². The Hall–Kier alpha value is -4.80. The Morgan fingerprint density at radius 3 is 2.54 bits per heavy atom. The molecule has 0 atom stereocenters. The van der Waals surface area contributed by atoms with E-state index in [1.54, 1.807) is 30.3 Å². The molecule has 3 N–H and O–H groups in total. The number of amides is 1. The number of phenols is 2. The molecule has 1 saturated carbocycles. The molecule has 5 rings (SSSR count). The molecule has 1 aliphatic rings. The molecule has 176 valence electrons. The molecule has 4 aromatic rings. The summed E-state index contributed by atoms with van der Waals surface area (Å²) in [4.78, 5) is 39.6. The van der Waals surface area contributed by atoms with Gasteiger partial charge in [-0.25, -0.2) is 9.50 Å². The van der Waals surface area contributed by atoms with Crippen LogP contribution in [-0.2, 0) is 0 Å². The summed E-state index contributed by atoms with van der Waals surface area (Å²) in [6.07, 6.45) is 4.89. The molecule has 0 aliphatic heterocycles. The second-order valence-electron chi connectivity index (χ2n) is 8.32. The predicted octanol–water partition coefficient (Wildman–Crippen LogP) is 3.09. The van der Waals surface area contributed by atoms with Crippen molar-refractivity contribution >= 4 is 23.0 Å². The minimum Gasteiger partial charge on any atom is -0.507 e. The van der Waals surface area contributed by atoms with E-state index in [1.807, 2.05) is 0 Å². The highest BCUT2D eigenvalue weighted by Crippen LogP contribution is 2.37. The lowest BCUT2D eigenvalue weighted by Crippen LogP contribution is -2.25. The number of carbonyl (C=O) groups excluding carboxylic acids is 2. The number of nitrogens with zero attached hydrogens (tertiary/aromatic N) is 4. The van der Waals surface area contributed by atoms with Gasteiger partial charge in [0, 0.05) is 42.2 Å². The molecular formula is C24H19N5O6. The number of aromatic nitrogens is 3. The molecule has 11 heteroatoms. The number of rotatable bonds is 7. The van der Waals surface area contributed by atoms with E-state index in [0.29, 0.717) is 29.4 Å². The van der Waals surface area contributed by atoms with Gasteiger partial charge in [0.05, 0.1) is 16.2 Å². The van der Waals surface area contributed by atoms with Crippen LogP contribution in [-0.4, -0.2) is 48.0 Å². The molecule has 35 heavy (non-hydrogen) atoms. The molecule has 11 nitrogen and oxygen atoms in total. The quantitative estimate of drug-likeness (QED) is 0.210. The number of phenolic OH excluding ortho intramolecular Hbond substituents is 2. The van der Waals surface area contributed by atoms with Crippen LogP contribution >= 0.6 is 0 Å². The Bertz CT molecular complexity index is 1490. The van der Waals surface area contributed by atoms with Crippen molar-refractivity contribution in [2.24, 2.45) is 5.92 Å². The summed E-state index contributed by atoms with van der Waals surface area (Å²) in [6, 6.07) is 10.5. The fourth-order valence-electron chi connectivity index (χ4n) is 3.67. The normalized spacial score (nSPS) is 13.0. The van der Waals surface area contributed by atoms with Crippen molar-refractivity contribution in [2.45, 2.75) is 12.8 Å². The topological polar surface area (TPSA) is 160 Å². The van der Waals surface area contributed by atoms with Crippen LogP contribution in [0.3, 0.4) is 0 Å². The number of benzene rings is 2. The van der Waals surface area contributed by atoms with Crippen molar-refractivity contribution in [3.05, 3.63) is 81.7 Å². The van der Waals surface area contributed by atoms with Gasteiger partial charge in [-0.3, -0.25) is 19.7 Å². The number of nitrogens with one attached hydrogen (secondary N) is 1. The highest BCUT2D eigenvalue weighted by Gasteiger charge is 2.27. The summed E-state index contributed by atoms with van der Waals surface area (Å²) in [5.74, 6) is -1.92. The van der Waals surface area contributed by atoms with E-state index in [-0.39, 0.29) is 11.5 Å². The van der Waals surface area contributed by atoms with Crippen LogP contribution in [0.1, 0.15) is 39.1 Å². The Labute approximate surface area is 197 Å². The second kappa shape index (κ2) is 8.52. The van der Waals surface area contributed by atoms with Gasteiger partial charge in [0.2, 0.25) is 11.5 Å². The largest absolute Gasteiger partial charge is 0.507 e. The molecule has 2 aromatic carbocycles. The van der Waals surface area contributed by atoms with E-state index in [1.165, 1.54) is 16.9 Å². The number of carbonyl (C=O) groups is 2. The first-order valence-electron chi connectivity index (χ1n) is 10.8. The van der Waals surface area contributed by atoms with Gasteiger partial charge in [0.25, 0.3) is 5.91 Å². The lowest BCUT2D eigenvalue weighted by molar-refractivity contribution is -0.385. The number of hydrogen-bond acceptors (Lipinski definition) is 8. The number of hydrogen-bond donors (Lipinski definition) is 3. The molecule has 0 bridgehead atoms. The molecule has 0 unspecified atom stereocenters. The Balaban J connectivity index is 1.41. The molecule has 0 spiro atoms. The summed E-state index contributed by atoms with van der Waals surface area (Å²) in [6.45, 7) is 0.686. The molecular weight excluding hydrogens is 454 g/mol.